The Balaban J connectivity index is 1.56. The Hall–Kier alpha value is -3.11. The van der Waals surface area contributed by atoms with E-state index in [2.05, 4.69) is 17.2 Å². The molecule has 0 aliphatic carbocycles. The summed E-state index contributed by atoms with van der Waals surface area (Å²) in [5, 5.41) is 6.66. The van der Waals surface area contributed by atoms with E-state index in [4.69, 9.17) is 16.3 Å². The van der Waals surface area contributed by atoms with Crippen LogP contribution in [0.4, 0.5) is 4.79 Å². The maximum absolute atomic E-state index is 12.6. The van der Waals surface area contributed by atoms with Crippen LogP contribution in [0.25, 0.3) is 0 Å². The van der Waals surface area contributed by atoms with Crippen LogP contribution in [0.3, 0.4) is 0 Å². The molecule has 1 aliphatic heterocycles. The van der Waals surface area contributed by atoms with Crippen molar-refractivity contribution in [1.29, 1.82) is 0 Å². The Labute approximate surface area is 169 Å². The van der Waals surface area contributed by atoms with Crippen LogP contribution >= 0.6 is 11.6 Å². The SMILES string of the molecule is O=C(OCc1ccccc1)N1CC(c2ccccc2)C(c2ccc(Cl)cc2)=N1. The van der Waals surface area contributed by atoms with Gasteiger partial charge in [0, 0.05) is 10.9 Å². The number of carbonyl (C=O) groups excluding carboxylic acids is 1. The Morgan fingerprint density at radius 1 is 0.964 bits per heavy atom. The van der Waals surface area contributed by atoms with E-state index in [-0.39, 0.29) is 12.5 Å². The molecule has 1 atom stereocenters. The van der Waals surface area contributed by atoms with Crippen molar-refractivity contribution < 1.29 is 9.53 Å². The van der Waals surface area contributed by atoms with Crippen molar-refractivity contribution in [3.8, 4) is 0 Å². The summed E-state index contributed by atoms with van der Waals surface area (Å²) in [6.07, 6.45) is -0.450. The molecular formula is C23H19ClN2O2. The van der Waals surface area contributed by atoms with Crippen molar-refractivity contribution in [3.05, 3.63) is 107 Å². The molecule has 28 heavy (non-hydrogen) atoms. The number of hydrogen-bond donors (Lipinski definition) is 0. The molecule has 140 valence electrons. The second-order valence-electron chi connectivity index (χ2n) is 6.58. The van der Waals surface area contributed by atoms with Crippen LogP contribution in [0.5, 0.6) is 0 Å². The monoisotopic (exact) mass is 390 g/mol. The number of nitrogens with zero attached hydrogens (tertiary/aromatic N) is 2. The normalized spacial score (nSPS) is 16.0. The van der Waals surface area contributed by atoms with Gasteiger partial charge in [-0.05, 0) is 28.8 Å². The lowest BCUT2D eigenvalue weighted by molar-refractivity contribution is 0.100. The Kier molecular flexibility index (Phi) is 5.40. The molecule has 0 fully saturated rings. The lowest BCUT2D eigenvalue weighted by atomic mass is 9.91. The Morgan fingerprint density at radius 2 is 1.61 bits per heavy atom. The second kappa shape index (κ2) is 8.28. The van der Waals surface area contributed by atoms with Crippen molar-refractivity contribution in [2.45, 2.75) is 12.5 Å². The molecule has 1 unspecified atom stereocenters. The zero-order chi connectivity index (χ0) is 19.3. The van der Waals surface area contributed by atoms with Gasteiger partial charge in [-0.1, -0.05) is 84.4 Å². The van der Waals surface area contributed by atoms with Crippen molar-refractivity contribution in [2.24, 2.45) is 5.10 Å². The van der Waals surface area contributed by atoms with Crippen molar-refractivity contribution in [1.82, 2.24) is 5.01 Å². The van der Waals surface area contributed by atoms with Crippen LogP contribution < -0.4 is 0 Å². The Morgan fingerprint density at radius 3 is 2.29 bits per heavy atom. The molecule has 0 aromatic heterocycles. The van der Waals surface area contributed by atoms with Crippen LogP contribution in [0.15, 0.2) is 90.0 Å². The number of rotatable bonds is 4. The summed E-state index contributed by atoms with van der Waals surface area (Å²) in [5.41, 5.74) is 3.82. The topological polar surface area (TPSA) is 41.9 Å². The smallest absolute Gasteiger partial charge is 0.430 e. The lowest BCUT2D eigenvalue weighted by Crippen LogP contribution is -2.26. The molecule has 3 aromatic rings. The summed E-state index contributed by atoms with van der Waals surface area (Å²) in [6.45, 7) is 0.660. The van der Waals surface area contributed by atoms with E-state index in [0.29, 0.717) is 11.6 Å². The minimum Gasteiger partial charge on any atom is -0.443 e. The molecule has 0 spiro atoms. The number of benzene rings is 3. The number of hydrazone groups is 1. The molecular weight excluding hydrogens is 372 g/mol. The number of hydrogen-bond acceptors (Lipinski definition) is 3. The summed E-state index contributed by atoms with van der Waals surface area (Å²) in [7, 11) is 0. The molecule has 0 saturated carbocycles. The fourth-order valence-corrected chi connectivity index (χ4v) is 3.36. The van der Waals surface area contributed by atoms with Crippen LogP contribution in [-0.2, 0) is 11.3 Å². The first-order valence-electron chi connectivity index (χ1n) is 9.08. The lowest BCUT2D eigenvalue weighted by Gasteiger charge is -2.15. The largest absolute Gasteiger partial charge is 0.443 e. The van der Waals surface area contributed by atoms with Gasteiger partial charge in [-0.15, -0.1) is 0 Å². The average molecular weight is 391 g/mol. The van der Waals surface area contributed by atoms with E-state index in [0.717, 1.165) is 22.4 Å². The van der Waals surface area contributed by atoms with Crippen molar-refractivity contribution >= 4 is 23.4 Å². The third-order valence-electron chi connectivity index (χ3n) is 4.67. The highest BCUT2D eigenvalue weighted by Gasteiger charge is 2.33. The third kappa shape index (κ3) is 4.07. The fraction of sp³-hybridized carbons (Fsp3) is 0.130. The Bertz CT molecular complexity index is 973. The maximum Gasteiger partial charge on any atom is 0.430 e. The number of halogens is 1. The molecule has 0 saturated heterocycles. The van der Waals surface area contributed by atoms with E-state index in [1.165, 1.54) is 5.01 Å². The van der Waals surface area contributed by atoms with Crippen molar-refractivity contribution in [3.63, 3.8) is 0 Å². The minimum atomic E-state index is -0.450. The van der Waals surface area contributed by atoms with Gasteiger partial charge in [0.05, 0.1) is 12.3 Å². The average Bonchev–Trinajstić information content (AvgIpc) is 3.19. The molecule has 0 bridgehead atoms. The summed E-state index contributed by atoms with van der Waals surface area (Å²) in [5.74, 6) is -0.0216. The van der Waals surface area contributed by atoms with E-state index >= 15 is 0 Å². The molecule has 4 rings (SSSR count). The summed E-state index contributed by atoms with van der Waals surface area (Å²) < 4.78 is 5.46. The predicted octanol–water partition coefficient (Wildman–Crippen LogP) is 5.48. The van der Waals surface area contributed by atoms with E-state index in [9.17, 15) is 4.79 Å². The zero-order valence-corrected chi connectivity index (χ0v) is 15.9. The fourth-order valence-electron chi connectivity index (χ4n) is 3.24. The van der Waals surface area contributed by atoms with E-state index in [1.54, 1.807) is 0 Å². The van der Waals surface area contributed by atoms with Gasteiger partial charge >= 0.3 is 6.09 Å². The number of amides is 1. The number of ether oxygens (including phenoxy) is 1. The number of carbonyl (C=O) groups is 1. The van der Waals surface area contributed by atoms with Gasteiger partial charge < -0.3 is 4.74 Å². The van der Waals surface area contributed by atoms with Gasteiger partial charge in [0.25, 0.3) is 0 Å². The van der Waals surface area contributed by atoms with Gasteiger partial charge in [0.15, 0.2) is 0 Å². The first-order valence-corrected chi connectivity index (χ1v) is 9.46. The molecule has 4 nitrogen and oxygen atoms in total. The van der Waals surface area contributed by atoms with Gasteiger partial charge in [0.1, 0.15) is 6.61 Å². The third-order valence-corrected chi connectivity index (χ3v) is 4.92. The van der Waals surface area contributed by atoms with Gasteiger partial charge in [-0.3, -0.25) is 0 Å². The highest BCUT2D eigenvalue weighted by Crippen LogP contribution is 2.29. The molecule has 5 heteroatoms. The van der Waals surface area contributed by atoms with Crippen LogP contribution in [0.2, 0.25) is 5.02 Å². The first kappa shape index (κ1) is 18.3. The highest BCUT2D eigenvalue weighted by molar-refractivity contribution is 6.30. The quantitative estimate of drug-likeness (QED) is 0.591. The molecule has 1 heterocycles. The molecule has 3 aromatic carbocycles. The highest BCUT2D eigenvalue weighted by atomic mass is 35.5. The molecule has 1 aliphatic rings. The van der Waals surface area contributed by atoms with Crippen LogP contribution in [0, 0.1) is 0 Å². The summed E-state index contributed by atoms with van der Waals surface area (Å²) in [4.78, 5) is 12.6. The van der Waals surface area contributed by atoms with Crippen molar-refractivity contribution in [2.75, 3.05) is 6.54 Å². The van der Waals surface area contributed by atoms with Gasteiger partial charge in [0.2, 0.25) is 0 Å². The maximum atomic E-state index is 12.6. The van der Waals surface area contributed by atoms with Crippen LogP contribution in [-0.4, -0.2) is 23.4 Å². The second-order valence-corrected chi connectivity index (χ2v) is 7.01. The summed E-state index contributed by atoms with van der Waals surface area (Å²) >= 11 is 6.03. The summed E-state index contributed by atoms with van der Waals surface area (Å²) in [6, 6.07) is 27.2. The van der Waals surface area contributed by atoms with Gasteiger partial charge in [-0.2, -0.15) is 10.1 Å². The zero-order valence-electron chi connectivity index (χ0n) is 15.2. The van der Waals surface area contributed by atoms with E-state index in [1.807, 2.05) is 72.8 Å². The van der Waals surface area contributed by atoms with Gasteiger partial charge in [-0.25, -0.2) is 4.79 Å². The van der Waals surface area contributed by atoms with Crippen LogP contribution in [0.1, 0.15) is 22.6 Å². The molecule has 0 N–H and O–H groups in total. The minimum absolute atomic E-state index is 0.0216. The van der Waals surface area contributed by atoms with E-state index < -0.39 is 6.09 Å². The first-order chi connectivity index (χ1) is 13.7. The molecule has 1 amide bonds. The standard InChI is InChI=1S/C23H19ClN2O2/c24-20-13-11-19(12-14-20)22-21(18-9-5-2-6-10-18)15-26(25-22)23(27)28-16-17-7-3-1-4-8-17/h1-14,21H,15-16H2. The predicted molar refractivity (Wildman–Crippen MR) is 111 cm³/mol. The molecule has 0 radical (unpaired) electrons.